The number of rotatable bonds is 6. The molecule has 1 aliphatic rings. The number of anilines is 3. The van der Waals surface area contributed by atoms with E-state index >= 15 is 0 Å². The topological polar surface area (TPSA) is 113 Å². The van der Waals surface area contributed by atoms with Crippen molar-refractivity contribution in [2.24, 2.45) is 0 Å². The van der Waals surface area contributed by atoms with Crippen LogP contribution in [0.1, 0.15) is 11.1 Å². The molecule has 1 aromatic heterocycles. The highest BCUT2D eigenvalue weighted by atomic mass is 32.2. The first-order chi connectivity index (χ1) is 16.5. The summed E-state index contributed by atoms with van der Waals surface area (Å²) in [5.74, 6) is 0.230. The molecular weight excluding hydrogens is 450 g/mol. The lowest BCUT2D eigenvalue weighted by atomic mass is 10.1. The summed E-state index contributed by atoms with van der Waals surface area (Å²) in [5.41, 5.74) is 4.45. The van der Waals surface area contributed by atoms with Crippen molar-refractivity contribution in [1.82, 2.24) is 14.7 Å². The third-order valence-corrected chi connectivity index (χ3v) is 6.82. The molecule has 1 amide bonds. The number of aromatic nitrogens is 2. The van der Waals surface area contributed by atoms with E-state index in [0.717, 1.165) is 16.7 Å². The Bertz CT molecular complexity index is 1460. The Balaban J connectivity index is 1.34. The predicted molar refractivity (Wildman–Crippen MR) is 130 cm³/mol. The summed E-state index contributed by atoms with van der Waals surface area (Å²) in [4.78, 5) is 21.3. The Kier molecular flexibility index (Phi) is 5.79. The van der Waals surface area contributed by atoms with Crippen LogP contribution >= 0.6 is 0 Å². The molecule has 3 aromatic carbocycles. The van der Waals surface area contributed by atoms with Gasteiger partial charge in [-0.05, 0) is 35.9 Å². The Morgan fingerprint density at radius 1 is 0.912 bits per heavy atom. The van der Waals surface area contributed by atoms with E-state index in [1.807, 2.05) is 54.6 Å². The molecule has 0 bridgehead atoms. The number of carbonyl (C=O) groups is 1. The number of sulfonamides is 1. The fraction of sp³-hybridized carbons (Fsp3) is 0.0800. The van der Waals surface area contributed by atoms with Gasteiger partial charge in [-0.15, -0.1) is 0 Å². The molecular formula is C25H21N5O3S. The third-order valence-electron chi connectivity index (χ3n) is 5.40. The molecule has 8 nitrogen and oxygen atoms in total. The maximum absolute atomic E-state index is 12.6. The lowest BCUT2D eigenvalue weighted by Crippen LogP contribution is -2.23. The van der Waals surface area contributed by atoms with Gasteiger partial charge in [-0.2, -0.15) is 0 Å². The molecule has 0 spiro atoms. The quantitative estimate of drug-likeness (QED) is 0.394. The van der Waals surface area contributed by atoms with Crippen molar-refractivity contribution in [2.45, 2.75) is 17.9 Å². The van der Waals surface area contributed by atoms with Gasteiger partial charge in [0.1, 0.15) is 0 Å². The average molecular weight is 472 g/mol. The lowest BCUT2D eigenvalue weighted by molar-refractivity contribution is -0.115. The zero-order valence-corrected chi connectivity index (χ0v) is 18.8. The van der Waals surface area contributed by atoms with Gasteiger partial charge < -0.3 is 10.6 Å². The summed E-state index contributed by atoms with van der Waals surface area (Å²) >= 11 is 0. The van der Waals surface area contributed by atoms with Gasteiger partial charge in [-0.1, -0.05) is 48.5 Å². The Morgan fingerprint density at radius 2 is 1.65 bits per heavy atom. The van der Waals surface area contributed by atoms with E-state index in [1.54, 1.807) is 18.3 Å². The summed E-state index contributed by atoms with van der Waals surface area (Å²) in [5, 5.41) is 6.00. The highest BCUT2D eigenvalue weighted by Crippen LogP contribution is 2.32. The summed E-state index contributed by atoms with van der Waals surface area (Å²) in [6, 6.07) is 23.2. The number of nitrogens with one attached hydrogen (secondary N) is 3. The smallest absolute Gasteiger partial charge is 0.240 e. The van der Waals surface area contributed by atoms with Crippen LogP contribution < -0.4 is 15.4 Å². The molecule has 34 heavy (non-hydrogen) atoms. The van der Waals surface area contributed by atoms with Gasteiger partial charge in [-0.3, -0.25) is 4.79 Å². The molecule has 5 rings (SSSR count). The predicted octanol–water partition coefficient (Wildman–Crippen LogP) is 3.86. The van der Waals surface area contributed by atoms with Crippen LogP contribution in [0.5, 0.6) is 0 Å². The Labute approximate surface area is 197 Å². The molecule has 9 heteroatoms. The second kappa shape index (κ2) is 9.05. The van der Waals surface area contributed by atoms with Crippen LogP contribution in [0.3, 0.4) is 0 Å². The van der Waals surface area contributed by atoms with E-state index in [9.17, 15) is 13.2 Å². The second-order valence-electron chi connectivity index (χ2n) is 7.80. The summed E-state index contributed by atoms with van der Waals surface area (Å²) < 4.78 is 27.9. The van der Waals surface area contributed by atoms with Crippen LogP contribution in [0.2, 0.25) is 0 Å². The van der Waals surface area contributed by atoms with Gasteiger partial charge >= 0.3 is 0 Å². The molecule has 0 radical (unpaired) electrons. The second-order valence-corrected chi connectivity index (χ2v) is 9.56. The van der Waals surface area contributed by atoms with E-state index in [-0.39, 0.29) is 23.8 Å². The monoisotopic (exact) mass is 471 g/mol. The normalized spacial score (nSPS) is 12.8. The van der Waals surface area contributed by atoms with Crippen LogP contribution in [0.4, 0.5) is 17.3 Å². The molecule has 0 saturated heterocycles. The standard InChI is InChI=1S/C25H21N5O3S/c31-23-14-18-16-26-25(30-24(18)21-8-4-5-9-22(21)29-23)28-19-10-12-20(13-11-19)34(32,33)27-15-17-6-2-1-3-7-17/h1-13,16,27H,14-15H2,(H,29,31)(H,26,28,30). The molecule has 0 saturated carbocycles. The first-order valence-corrected chi connectivity index (χ1v) is 12.1. The summed E-state index contributed by atoms with van der Waals surface area (Å²) in [7, 11) is -3.65. The zero-order valence-electron chi connectivity index (χ0n) is 18.0. The van der Waals surface area contributed by atoms with Crippen LogP contribution in [0, 0.1) is 0 Å². The van der Waals surface area contributed by atoms with Gasteiger partial charge in [0.05, 0.1) is 22.7 Å². The SMILES string of the molecule is O=C1Cc2cnc(Nc3ccc(S(=O)(=O)NCc4ccccc4)cc3)nc2-c2ccccc2N1. The summed E-state index contributed by atoms with van der Waals surface area (Å²) in [6.45, 7) is 0.213. The number of benzene rings is 3. The molecule has 0 fully saturated rings. The van der Waals surface area contributed by atoms with E-state index in [1.165, 1.54) is 12.1 Å². The van der Waals surface area contributed by atoms with Crippen LogP contribution in [-0.2, 0) is 27.8 Å². The van der Waals surface area contributed by atoms with Crippen molar-refractivity contribution < 1.29 is 13.2 Å². The fourth-order valence-corrected chi connectivity index (χ4v) is 4.72. The highest BCUT2D eigenvalue weighted by Gasteiger charge is 2.21. The maximum Gasteiger partial charge on any atom is 0.240 e. The minimum atomic E-state index is -3.65. The van der Waals surface area contributed by atoms with Crippen molar-refractivity contribution in [3.05, 3.63) is 96.2 Å². The number of amides is 1. The molecule has 0 unspecified atom stereocenters. The van der Waals surface area contributed by atoms with Gasteiger partial charge in [0, 0.05) is 29.6 Å². The number of para-hydroxylation sites is 1. The van der Waals surface area contributed by atoms with E-state index in [0.29, 0.717) is 23.0 Å². The molecule has 0 aliphatic carbocycles. The minimum Gasteiger partial charge on any atom is -0.325 e. The number of carbonyl (C=O) groups excluding carboxylic acids is 1. The Hall–Kier alpha value is -4.08. The third kappa shape index (κ3) is 4.66. The minimum absolute atomic E-state index is 0.117. The summed E-state index contributed by atoms with van der Waals surface area (Å²) in [6.07, 6.45) is 1.82. The first-order valence-electron chi connectivity index (χ1n) is 10.6. The van der Waals surface area contributed by atoms with Crippen molar-refractivity contribution in [3.63, 3.8) is 0 Å². The van der Waals surface area contributed by atoms with Crippen molar-refractivity contribution in [3.8, 4) is 11.3 Å². The van der Waals surface area contributed by atoms with Crippen molar-refractivity contribution in [1.29, 1.82) is 0 Å². The number of hydrogen-bond acceptors (Lipinski definition) is 6. The maximum atomic E-state index is 12.6. The van der Waals surface area contributed by atoms with Gasteiger partial charge in [0.25, 0.3) is 0 Å². The van der Waals surface area contributed by atoms with Crippen molar-refractivity contribution >= 4 is 33.3 Å². The number of hydrogen-bond donors (Lipinski definition) is 3. The molecule has 1 aliphatic heterocycles. The molecule has 170 valence electrons. The van der Waals surface area contributed by atoms with Crippen LogP contribution in [0.25, 0.3) is 11.3 Å². The van der Waals surface area contributed by atoms with E-state index in [2.05, 4.69) is 25.3 Å². The van der Waals surface area contributed by atoms with Crippen LogP contribution in [0.15, 0.2) is 90.0 Å². The van der Waals surface area contributed by atoms with Gasteiger partial charge in [0.15, 0.2) is 0 Å². The van der Waals surface area contributed by atoms with E-state index in [4.69, 9.17) is 0 Å². The number of nitrogens with zero attached hydrogens (tertiary/aromatic N) is 2. The highest BCUT2D eigenvalue weighted by molar-refractivity contribution is 7.89. The molecule has 3 N–H and O–H groups in total. The van der Waals surface area contributed by atoms with E-state index < -0.39 is 10.0 Å². The largest absolute Gasteiger partial charge is 0.325 e. The molecule has 0 atom stereocenters. The van der Waals surface area contributed by atoms with Crippen LogP contribution in [-0.4, -0.2) is 24.3 Å². The molecule has 4 aromatic rings. The first kappa shape index (κ1) is 21.7. The average Bonchev–Trinajstić information content (AvgIpc) is 2.99. The Morgan fingerprint density at radius 3 is 2.44 bits per heavy atom. The zero-order chi connectivity index (χ0) is 23.5. The lowest BCUT2D eigenvalue weighted by Gasteiger charge is -2.11. The fourth-order valence-electron chi connectivity index (χ4n) is 3.70. The molecule has 2 heterocycles. The van der Waals surface area contributed by atoms with Crippen molar-refractivity contribution in [2.75, 3.05) is 10.6 Å². The van der Waals surface area contributed by atoms with Gasteiger partial charge in [0.2, 0.25) is 21.9 Å². The van der Waals surface area contributed by atoms with Gasteiger partial charge in [-0.25, -0.2) is 23.1 Å². The number of fused-ring (bicyclic) bond motifs is 3.